The van der Waals surface area contributed by atoms with Crippen molar-refractivity contribution in [3.05, 3.63) is 77.6 Å². The smallest absolute Gasteiger partial charge is 0.338 e. The molecule has 0 bridgehead atoms. The third-order valence-electron chi connectivity index (χ3n) is 3.47. The van der Waals surface area contributed by atoms with Crippen LogP contribution in [-0.2, 0) is 20.9 Å². The number of hydrogen-bond acceptors (Lipinski definition) is 4. The summed E-state index contributed by atoms with van der Waals surface area (Å²) in [4.78, 5) is 36.4. The predicted octanol–water partition coefficient (Wildman–Crippen LogP) is 2.61. The fraction of sp³-hybridized carbons (Fsp3) is 0.0556. The van der Waals surface area contributed by atoms with Crippen LogP contribution in [-0.4, -0.2) is 17.8 Å². The highest BCUT2D eigenvalue weighted by Gasteiger charge is 2.25. The molecule has 0 aliphatic carbocycles. The number of hydrogen-bond donors (Lipinski definition) is 0. The molecule has 5 nitrogen and oxygen atoms in total. The Kier molecular flexibility index (Phi) is 4.20. The monoisotopic (exact) mass is 325 g/mol. The largest absolute Gasteiger partial charge is 0.457 e. The Bertz CT molecular complexity index is 842. The third kappa shape index (κ3) is 3.08. The molecule has 24 heavy (non-hydrogen) atoms. The van der Waals surface area contributed by atoms with Gasteiger partial charge in [-0.25, -0.2) is 14.1 Å². The van der Waals surface area contributed by atoms with Crippen molar-refractivity contribution in [1.82, 2.24) is 0 Å². The van der Waals surface area contributed by atoms with Crippen LogP contribution < -0.4 is 4.90 Å². The molecule has 0 N–H and O–H groups in total. The number of amides is 2. The van der Waals surface area contributed by atoms with Gasteiger partial charge in [-0.05, 0) is 24.3 Å². The highest BCUT2D eigenvalue weighted by Crippen LogP contribution is 2.21. The van der Waals surface area contributed by atoms with E-state index in [-0.39, 0.29) is 23.4 Å². The highest BCUT2D eigenvalue weighted by molar-refractivity contribution is 6.28. The van der Waals surface area contributed by atoms with Gasteiger partial charge >= 0.3 is 5.97 Å². The molecule has 2 aromatic rings. The van der Waals surface area contributed by atoms with Crippen molar-refractivity contribution in [2.45, 2.75) is 6.61 Å². The summed E-state index contributed by atoms with van der Waals surface area (Å²) < 4.78 is 18.6. The van der Waals surface area contributed by atoms with E-state index >= 15 is 0 Å². The lowest BCUT2D eigenvalue weighted by Crippen LogP contribution is -2.29. The van der Waals surface area contributed by atoms with Gasteiger partial charge in [0.05, 0.1) is 11.3 Å². The van der Waals surface area contributed by atoms with Crippen molar-refractivity contribution in [2.75, 3.05) is 4.90 Å². The lowest BCUT2D eigenvalue weighted by Gasteiger charge is -2.14. The van der Waals surface area contributed by atoms with Gasteiger partial charge in [-0.2, -0.15) is 0 Å². The zero-order valence-corrected chi connectivity index (χ0v) is 12.4. The number of anilines is 1. The summed E-state index contributed by atoms with van der Waals surface area (Å²) in [5, 5.41) is 0. The lowest BCUT2D eigenvalue weighted by molar-refractivity contribution is -0.119. The van der Waals surface area contributed by atoms with Crippen molar-refractivity contribution >= 4 is 23.5 Å². The first-order valence-electron chi connectivity index (χ1n) is 7.13. The molecular formula is C18H12FNO4. The molecule has 0 radical (unpaired) electrons. The first-order chi connectivity index (χ1) is 11.6. The Balaban J connectivity index is 1.74. The summed E-state index contributed by atoms with van der Waals surface area (Å²) in [6.45, 7) is -0.209. The summed E-state index contributed by atoms with van der Waals surface area (Å²) in [6, 6.07) is 11.9. The molecule has 0 saturated heterocycles. The minimum Gasteiger partial charge on any atom is -0.457 e. The molecule has 0 saturated carbocycles. The van der Waals surface area contributed by atoms with Crippen molar-refractivity contribution in [3.63, 3.8) is 0 Å². The zero-order chi connectivity index (χ0) is 17.1. The van der Waals surface area contributed by atoms with Crippen LogP contribution >= 0.6 is 0 Å². The number of carbonyl (C=O) groups is 3. The van der Waals surface area contributed by atoms with E-state index in [1.54, 1.807) is 12.1 Å². The fourth-order valence-electron chi connectivity index (χ4n) is 2.27. The normalized spacial score (nSPS) is 13.5. The van der Waals surface area contributed by atoms with Crippen molar-refractivity contribution in [1.29, 1.82) is 0 Å². The van der Waals surface area contributed by atoms with E-state index in [0.717, 1.165) is 17.1 Å². The van der Waals surface area contributed by atoms with Gasteiger partial charge < -0.3 is 4.74 Å². The molecule has 0 atom stereocenters. The van der Waals surface area contributed by atoms with Gasteiger partial charge in [-0.3, -0.25) is 9.59 Å². The molecule has 3 rings (SSSR count). The molecule has 0 fully saturated rings. The van der Waals surface area contributed by atoms with Crippen LogP contribution in [0.3, 0.4) is 0 Å². The van der Waals surface area contributed by atoms with Crippen molar-refractivity contribution < 1.29 is 23.5 Å². The predicted molar refractivity (Wildman–Crippen MR) is 83.6 cm³/mol. The Labute approximate surface area is 137 Å². The second-order valence-electron chi connectivity index (χ2n) is 5.06. The van der Waals surface area contributed by atoms with Crippen LogP contribution in [0.5, 0.6) is 0 Å². The summed E-state index contributed by atoms with van der Waals surface area (Å²) >= 11 is 0. The average Bonchev–Trinajstić information content (AvgIpc) is 2.92. The van der Waals surface area contributed by atoms with Crippen LogP contribution in [0.25, 0.3) is 0 Å². The molecule has 2 amide bonds. The van der Waals surface area contributed by atoms with Crippen LogP contribution in [0.4, 0.5) is 10.1 Å². The number of halogens is 1. The van der Waals surface area contributed by atoms with Crippen LogP contribution in [0, 0.1) is 5.82 Å². The SMILES string of the molecule is O=C(OCc1ccccc1F)c1cccc(N2C(=O)C=CC2=O)c1. The van der Waals surface area contributed by atoms with Gasteiger partial charge in [0.25, 0.3) is 11.8 Å². The number of imide groups is 1. The summed E-state index contributed by atoms with van der Waals surface area (Å²) in [7, 11) is 0. The van der Waals surface area contributed by atoms with E-state index in [9.17, 15) is 18.8 Å². The number of carbonyl (C=O) groups excluding carboxylic acids is 3. The third-order valence-corrected chi connectivity index (χ3v) is 3.47. The summed E-state index contributed by atoms with van der Waals surface area (Å²) in [5.74, 6) is -2.08. The number of rotatable bonds is 4. The van der Waals surface area contributed by atoms with E-state index in [0.29, 0.717) is 0 Å². The Morgan fingerprint density at radius 3 is 2.42 bits per heavy atom. The van der Waals surface area contributed by atoms with Gasteiger partial charge in [0, 0.05) is 17.7 Å². The molecule has 2 aromatic carbocycles. The van der Waals surface area contributed by atoms with E-state index in [1.807, 2.05) is 0 Å². The summed E-state index contributed by atoms with van der Waals surface area (Å²) in [5.41, 5.74) is 0.697. The maximum Gasteiger partial charge on any atom is 0.338 e. The fourth-order valence-corrected chi connectivity index (χ4v) is 2.27. The molecule has 1 aliphatic heterocycles. The standard InChI is InChI=1S/C18H12FNO4/c19-15-7-2-1-4-13(15)11-24-18(23)12-5-3-6-14(10-12)20-16(21)8-9-17(20)22/h1-10H,11H2. The molecule has 0 spiro atoms. The zero-order valence-electron chi connectivity index (χ0n) is 12.4. The van der Waals surface area contributed by atoms with E-state index in [4.69, 9.17) is 4.74 Å². The maximum absolute atomic E-state index is 13.5. The van der Waals surface area contributed by atoms with Crippen molar-refractivity contribution in [2.24, 2.45) is 0 Å². The first-order valence-corrected chi connectivity index (χ1v) is 7.13. The van der Waals surface area contributed by atoms with Gasteiger partial charge in [-0.1, -0.05) is 24.3 Å². The quantitative estimate of drug-likeness (QED) is 0.640. The van der Waals surface area contributed by atoms with Gasteiger partial charge in [-0.15, -0.1) is 0 Å². The second kappa shape index (κ2) is 6.45. The van der Waals surface area contributed by atoms with E-state index in [2.05, 4.69) is 0 Å². The average molecular weight is 325 g/mol. The van der Waals surface area contributed by atoms with Gasteiger partial charge in [0.1, 0.15) is 12.4 Å². The first kappa shape index (κ1) is 15.6. The minimum atomic E-state index is -0.674. The van der Waals surface area contributed by atoms with Crippen LogP contribution in [0.15, 0.2) is 60.7 Å². The molecule has 0 unspecified atom stereocenters. The second-order valence-corrected chi connectivity index (χ2v) is 5.06. The van der Waals surface area contributed by atoms with E-state index in [1.165, 1.54) is 36.4 Å². The summed E-state index contributed by atoms with van der Waals surface area (Å²) in [6.07, 6.45) is 2.32. The molecular weight excluding hydrogens is 313 g/mol. The molecule has 1 heterocycles. The molecule has 120 valence electrons. The Hall–Kier alpha value is -3.28. The maximum atomic E-state index is 13.5. The lowest BCUT2D eigenvalue weighted by atomic mass is 10.2. The van der Waals surface area contributed by atoms with Gasteiger partial charge in [0.2, 0.25) is 0 Å². The number of nitrogens with zero attached hydrogens (tertiary/aromatic N) is 1. The molecule has 1 aliphatic rings. The van der Waals surface area contributed by atoms with Crippen molar-refractivity contribution in [3.8, 4) is 0 Å². The van der Waals surface area contributed by atoms with Gasteiger partial charge in [0.15, 0.2) is 0 Å². The molecule has 6 heteroatoms. The Morgan fingerprint density at radius 1 is 1.00 bits per heavy atom. The minimum absolute atomic E-state index is 0.163. The molecule has 0 aromatic heterocycles. The van der Waals surface area contributed by atoms with E-state index < -0.39 is 23.6 Å². The topological polar surface area (TPSA) is 63.7 Å². The van der Waals surface area contributed by atoms with Crippen LogP contribution in [0.2, 0.25) is 0 Å². The van der Waals surface area contributed by atoms with Crippen LogP contribution in [0.1, 0.15) is 15.9 Å². The number of ether oxygens (including phenoxy) is 1. The Morgan fingerprint density at radius 2 is 1.71 bits per heavy atom. The highest BCUT2D eigenvalue weighted by atomic mass is 19.1. The number of esters is 1. The number of benzene rings is 2.